The van der Waals surface area contributed by atoms with Gasteiger partial charge in [-0.25, -0.2) is 0 Å². The van der Waals surface area contributed by atoms with Crippen molar-refractivity contribution in [3.63, 3.8) is 0 Å². The molecule has 4 nitrogen and oxygen atoms in total. The Morgan fingerprint density at radius 2 is 2.18 bits per heavy atom. The van der Waals surface area contributed by atoms with Crippen LogP contribution in [0.1, 0.15) is 28.2 Å². The molecule has 0 spiro atoms. The van der Waals surface area contributed by atoms with Gasteiger partial charge in [0.2, 0.25) is 0 Å². The molecule has 116 valence electrons. The smallest absolute Gasteiger partial charge is 0.253 e. The van der Waals surface area contributed by atoms with E-state index in [1.54, 1.807) is 0 Å². The minimum absolute atomic E-state index is 0.0167. The van der Waals surface area contributed by atoms with Gasteiger partial charge in [-0.2, -0.15) is 0 Å². The van der Waals surface area contributed by atoms with Crippen molar-refractivity contribution in [1.82, 2.24) is 15.2 Å². The van der Waals surface area contributed by atoms with E-state index < -0.39 is 0 Å². The highest BCUT2D eigenvalue weighted by Crippen LogP contribution is 2.23. The molecule has 1 fully saturated rings. The van der Waals surface area contributed by atoms with Crippen molar-refractivity contribution >= 4 is 21.8 Å². The lowest BCUT2D eigenvalue weighted by molar-refractivity contribution is 0.0939. The van der Waals surface area contributed by atoms with Gasteiger partial charge in [0.25, 0.3) is 5.91 Å². The molecule has 2 aromatic rings. The maximum absolute atomic E-state index is 12.5. The quantitative estimate of drug-likeness (QED) is 0.882. The molecular weight excluding hydrogens is 342 g/mol. The van der Waals surface area contributed by atoms with Gasteiger partial charge in [0.1, 0.15) is 0 Å². The van der Waals surface area contributed by atoms with Gasteiger partial charge in [-0.3, -0.25) is 4.79 Å². The molecule has 1 aromatic carbocycles. The van der Waals surface area contributed by atoms with Crippen LogP contribution < -0.4 is 10.6 Å². The summed E-state index contributed by atoms with van der Waals surface area (Å²) >= 11 is 3.50. The number of nitrogens with zero attached hydrogens (tertiary/aromatic N) is 1. The molecule has 1 aliphatic rings. The van der Waals surface area contributed by atoms with Crippen LogP contribution in [0.5, 0.6) is 0 Å². The van der Waals surface area contributed by atoms with Crippen molar-refractivity contribution in [1.29, 1.82) is 0 Å². The first kappa shape index (κ1) is 15.3. The fourth-order valence-corrected chi connectivity index (χ4v) is 3.43. The molecule has 1 aromatic heterocycles. The lowest BCUT2D eigenvalue weighted by Gasteiger charge is -2.12. The van der Waals surface area contributed by atoms with E-state index in [0.717, 1.165) is 46.6 Å². The molecule has 3 rings (SSSR count). The summed E-state index contributed by atoms with van der Waals surface area (Å²) in [6.07, 6.45) is 0.996. The second-order valence-corrected chi connectivity index (χ2v) is 6.68. The number of halogens is 1. The number of rotatable bonds is 3. The van der Waals surface area contributed by atoms with E-state index in [0.29, 0.717) is 0 Å². The topological polar surface area (TPSA) is 46.1 Å². The summed E-state index contributed by atoms with van der Waals surface area (Å²) in [4.78, 5) is 12.5. The molecule has 2 heterocycles. The average molecular weight is 362 g/mol. The molecule has 22 heavy (non-hydrogen) atoms. The highest BCUT2D eigenvalue weighted by Gasteiger charge is 2.21. The van der Waals surface area contributed by atoms with Gasteiger partial charge in [-0.1, -0.05) is 22.0 Å². The van der Waals surface area contributed by atoms with E-state index in [-0.39, 0.29) is 11.9 Å². The monoisotopic (exact) mass is 361 g/mol. The second-order valence-electron chi connectivity index (χ2n) is 5.76. The van der Waals surface area contributed by atoms with Gasteiger partial charge < -0.3 is 15.2 Å². The lowest BCUT2D eigenvalue weighted by atomic mass is 10.2. The van der Waals surface area contributed by atoms with Gasteiger partial charge in [-0.15, -0.1) is 0 Å². The Morgan fingerprint density at radius 1 is 1.36 bits per heavy atom. The molecule has 1 aliphatic heterocycles. The predicted octanol–water partition coefficient (Wildman–Crippen LogP) is 2.95. The van der Waals surface area contributed by atoms with E-state index in [9.17, 15) is 4.79 Å². The summed E-state index contributed by atoms with van der Waals surface area (Å²) in [6.45, 7) is 5.86. The molecule has 0 saturated carbocycles. The summed E-state index contributed by atoms with van der Waals surface area (Å²) in [7, 11) is 0. The standard InChI is InChI=1S/C17H20BrN3O/c1-11-8-16(17(22)20-14-6-7-19-10-14)12(2)21(11)15-5-3-4-13(18)9-15/h3-5,8-9,14,19H,6-7,10H2,1-2H3,(H,20,22). The Bertz CT molecular complexity index is 702. The maximum atomic E-state index is 12.5. The summed E-state index contributed by atoms with van der Waals surface area (Å²) in [5, 5.41) is 6.38. The van der Waals surface area contributed by atoms with Gasteiger partial charge in [0.05, 0.1) is 5.56 Å². The third-order valence-corrected chi connectivity index (χ3v) is 4.63. The molecule has 0 bridgehead atoms. The molecule has 0 radical (unpaired) electrons. The van der Waals surface area contributed by atoms with E-state index in [4.69, 9.17) is 0 Å². The number of aromatic nitrogens is 1. The van der Waals surface area contributed by atoms with Crippen molar-refractivity contribution in [2.45, 2.75) is 26.3 Å². The largest absolute Gasteiger partial charge is 0.348 e. The number of hydrogen-bond acceptors (Lipinski definition) is 2. The summed E-state index contributed by atoms with van der Waals surface area (Å²) in [5.41, 5.74) is 3.85. The molecule has 0 aliphatic carbocycles. The SMILES string of the molecule is Cc1cc(C(=O)NC2CCNC2)c(C)n1-c1cccc(Br)c1. The van der Waals surface area contributed by atoms with Crippen molar-refractivity contribution in [2.24, 2.45) is 0 Å². The molecule has 1 atom stereocenters. The number of hydrogen-bond donors (Lipinski definition) is 2. The zero-order valence-corrected chi connectivity index (χ0v) is 14.4. The van der Waals surface area contributed by atoms with Crippen LogP contribution in [0.4, 0.5) is 0 Å². The zero-order valence-electron chi connectivity index (χ0n) is 12.8. The van der Waals surface area contributed by atoms with E-state index in [1.165, 1.54) is 0 Å². The fraction of sp³-hybridized carbons (Fsp3) is 0.353. The molecule has 1 amide bonds. The average Bonchev–Trinajstić information content (AvgIpc) is 3.07. The van der Waals surface area contributed by atoms with Gasteiger partial charge in [0, 0.05) is 34.1 Å². The minimum Gasteiger partial charge on any atom is -0.348 e. The van der Waals surface area contributed by atoms with Crippen LogP contribution in [0.25, 0.3) is 5.69 Å². The lowest BCUT2D eigenvalue weighted by Crippen LogP contribution is -2.36. The molecule has 1 saturated heterocycles. The predicted molar refractivity (Wildman–Crippen MR) is 91.7 cm³/mol. The van der Waals surface area contributed by atoms with Crippen LogP contribution in [0.2, 0.25) is 0 Å². The Hall–Kier alpha value is -1.59. The summed E-state index contributed by atoms with van der Waals surface area (Å²) in [5.74, 6) is 0.0167. The number of nitrogens with one attached hydrogen (secondary N) is 2. The third-order valence-electron chi connectivity index (χ3n) is 4.14. The van der Waals surface area contributed by atoms with Crippen molar-refractivity contribution in [3.8, 4) is 5.69 Å². The zero-order chi connectivity index (χ0) is 15.7. The highest BCUT2D eigenvalue weighted by molar-refractivity contribution is 9.10. The number of carbonyl (C=O) groups is 1. The minimum atomic E-state index is 0.0167. The summed E-state index contributed by atoms with van der Waals surface area (Å²) in [6, 6.07) is 10.3. The molecular formula is C17H20BrN3O. The Morgan fingerprint density at radius 3 is 2.86 bits per heavy atom. The van der Waals surface area contributed by atoms with Gasteiger partial charge >= 0.3 is 0 Å². The maximum Gasteiger partial charge on any atom is 0.253 e. The molecule has 1 unspecified atom stereocenters. The number of amides is 1. The van der Waals surface area contributed by atoms with Crippen molar-refractivity contribution in [2.75, 3.05) is 13.1 Å². The Labute approximate surface area is 139 Å². The van der Waals surface area contributed by atoms with Crippen LogP contribution in [0.3, 0.4) is 0 Å². The van der Waals surface area contributed by atoms with E-state index >= 15 is 0 Å². The fourth-order valence-electron chi connectivity index (χ4n) is 3.05. The van der Waals surface area contributed by atoms with Crippen molar-refractivity contribution < 1.29 is 4.79 Å². The summed E-state index contributed by atoms with van der Waals surface area (Å²) < 4.78 is 3.15. The first-order chi connectivity index (χ1) is 10.6. The Kier molecular flexibility index (Phi) is 4.36. The number of aryl methyl sites for hydroxylation is 1. The first-order valence-electron chi connectivity index (χ1n) is 7.52. The van der Waals surface area contributed by atoms with Crippen LogP contribution in [-0.4, -0.2) is 29.6 Å². The van der Waals surface area contributed by atoms with Crippen LogP contribution >= 0.6 is 15.9 Å². The van der Waals surface area contributed by atoms with E-state index in [1.807, 2.05) is 38.1 Å². The number of carbonyl (C=O) groups excluding carboxylic acids is 1. The highest BCUT2D eigenvalue weighted by atomic mass is 79.9. The molecule has 2 N–H and O–H groups in total. The first-order valence-corrected chi connectivity index (χ1v) is 8.32. The van der Waals surface area contributed by atoms with Crippen LogP contribution in [0, 0.1) is 13.8 Å². The van der Waals surface area contributed by atoms with E-state index in [2.05, 4.69) is 37.2 Å². The number of benzene rings is 1. The third kappa shape index (κ3) is 2.96. The van der Waals surface area contributed by atoms with Gasteiger partial charge in [0.15, 0.2) is 0 Å². The van der Waals surface area contributed by atoms with Crippen LogP contribution in [0.15, 0.2) is 34.8 Å². The van der Waals surface area contributed by atoms with Crippen molar-refractivity contribution in [3.05, 3.63) is 51.8 Å². The molecule has 5 heteroatoms. The normalized spacial score (nSPS) is 17.7. The second kappa shape index (κ2) is 6.26. The van der Waals surface area contributed by atoms with Gasteiger partial charge in [-0.05, 0) is 51.1 Å². The van der Waals surface area contributed by atoms with Crippen LogP contribution in [-0.2, 0) is 0 Å². The Balaban J connectivity index is 1.91.